The molecule has 0 bridgehead atoms. The zero-order chi connectivity index (χ0) is 19.7. The molecule has 1 aromatic carbocycles. The molecule has 7 nitrogen and oxygen atoms in total. The highest BCUT2D eigenvalue weighted by Gasteiger charge is 2.41. The van der Waals surface area contributed by atoms with E-state index in [1.807, 2.05) is 20.2 Å². The summed E-state index contributed by atoms with van der Waals surface area (Å²) < 4.78 is 10.9. The van der Waals surface area contributed by atoms with E-state index in [0.717, 1.165) is 18.5 Å². The number of nitriles is 1. The molecule has 0 aromatic heterocycles. The Bertz CT molecular complexity index is 880. The van der Waals surface area contributed by atoms with Gasteiger partial charge in [-0.1, -0.05) is 0 Å². The molecule has 0 unspecified atom stereocenters. The number of Topliss-reactive ketones (excluding diaryl/α,β-unsaturated/α-hetero) is 1. The van der Waals surface area contributed by atoms with Gasteiger partial charge in [-0.25, -0.2) is 5.01 Å². The summed E-state index contributed by atoms with van der Waals surface area (Å²) in [5, 5.41) is 13.5. The van der Waals surface area contributed by atoms with E-state index in [1.165, 1.54) is 0 Å². The molecule has 0 fully saturated rings. The van der Waals surface area contributed by atoms with E-state index >= 15 is 0 Å². The quantitative estimate of drug-likeness (QED) is 0.871. The van der Waals surface area contributed by atoms with Crippen molar-refractivity contribution in [2.24, 2.45) is 5.73 Å². The minimum atomic E-state index is -0.570. The van der Waals surface area contributed by atoms with Crippen LogP contribution in [0.4, 0.5) is 0 Å². The molecule has 0 radical (unpaired) electrons. The predicted molar refractivity (Wildman–Crippen MR) is 101 cm³/mol. The van der Waals surface area contributed by atoms with E-state index in [1.54, 1.807) is 36.4 Å². The van der Waals surface area contributed by atoms with Crippen molar-refractivity contribution in [3.63, 3.8) is 0 Å². The number of benzene rings is 1. The Morgan fingerprint density at radius 2 is 2.00 bits per heavy atom. The molecular formula is C20H24N4O3. The van der Waals surface area contributed by atoms with Gasteiger partial charge in [0.2, 0.25) is 0 Å². The van der Waals surface area contributed by atoms with Gasteiger partial charge in [-0.3, -0.25) is 9.80 Å². The Labute approximate surface area is 159 Å². The summed E-state index contributed by atoms with van der Waals surface area (Å²) in [6.45, 7) is 0. The number of hydrazine groups is 1. The molecule has 2 N–H and O–H groups in total. The van der Waals surface area contributed by atoms with Crippen LogP contribution in [0.1, 0.15) is 30.7 Å². The highest BCUT2D eigenvalue weighted by Crippen LogP contribution is 2.47. The van der Waals surface area contributed by atoms with Gasteiger partial charge in [-0.15, -0.1) is 0 Å². The molecular weight excluding hydrogens is 344 g/mol. The van der Waals surface area contributed by atoms with Gasteiger partial charge in [0.05, 0.1) is 31.8 Å². The maximum atomic E-state index is 13.0. The number of allylic oxidation sites excluding steroid dienone is 3. The van der Waals surface area contributed by atoms with Crippen LogP contribution in [0.5, 0.6) is 11.5 Å². The molecule has 2 aliphatic rings. The maximum Gasteiger partial charge on any atom is 0.161 e. The highest BCUT2D eigenvalue weighted by molar-refractivity contribution is 6.00. The lowest BCUT2D eigenvalue weighted by atomic mass is 9.75. The summed E-state index contributed by atoms with van der Waals surface area (Å²) in [6.07, 6.45) is 1.95. The van der Waals surface area contributed by atoms with Crippen molar-refractivity contribution in [3.05, 3.63) is 46.4 Å². The zero-order valence-corrected chi connectivity index (χ0v) is 16.1. The van der Waals surface area contributed by atoms with Gasteiger partial charge >= 0.3 is 0 Å². The topological polar surface area (TPSA) is 91.8 Å². The molecule has 0 saturated carbocycles. The van der Waals surface area contributed by atoms with Crippen LogP contribution in [-0.4, -0.2) is 44.1 Å². The van der Waals surface area contributed by atoms with Crippen molar-refractivity contribution in [2.45, 2.75) is 25.2 Å². The largest absolute Gasteiger partial charge is 0.497 e. The lowest BCUT2D eigenvalue weighted by Gasteiger charge is -2.42. The van der Waals surface area contributed by atoms with Crippen LogP contribution < -0.4 is 15.2 Å². The summed E-state index contributed by atoms with van der Waals surface area (Å²) in [7, 11) is 6.83. The average molecular weight is 368 g/mol. The number of rotatable bonds is 4. The van der Waals surface area contributed by atoms with Gasteiger partial charge in [0.25, 0.3) is 0 Å². The third-order valence-corrected chi connectivity index (χ3v) is 5.03. The van der Waals surface area contributed by atoms with Gasteiger partial charge in [0, 0.05) is 37.3 Å². The van der Waals surface area contributed by atoms with E-state index in [9.17, 15) is 10.1 Å². The predicted octanol–water partition coefficient (Wildman–Crippen LogP) is 2.28. The van der Waals surface area contributed by atoms with Crippen LogP contribution >= 0.6 is 0 Å². The van der Waals surface area contributed by atoms with Gasteiger partial charge in [0.15, 0.2) is 5.78 Å². The normalized spacial score (nSPS) is 19.9. The number of ketones is 1. The summed E-state index contributed by atoms with van der Waals surface area (Å²) in [6, 6.07) is 7.61. The first-order valence-corrected chi connectivity index (χ1v) is 8.79. The fourth-order valence-electron chi connectivity index (χ4n) is 3.90. The first kappa shape index (κ1) is 18.8. The maximum absolute atomic E-state index is 13.0. The van der Waals surface area contributed by atoms with Crippen molar-refractivity contribution >= 4 is 5.78 Å². The van der Waals surface area contributed by atoms with Crippen LogP contribution in [-0.2, 0) is 4.79 Å². The first-order valence-electron chi connectivity index (χ1n) is 8.79. The molecule has 0 saturated heterocycles. The van der Waals surface area contributed by atoms with E-state index < -0.39 is 5.92 Å². The number of carbonyl (C=O) groups is 1. The molecule has 142 valence electrons. The standard InChI is InChI=1S/C20H24N4O3/c1-23(2)24-15-6-5-7-16(25)19(15)18(14(11-21)20(24)22)13-10-12(26-3)8-9-17(13)27-4/h8-10,18H,5-7,22H2,1-4H3/t18-/m0/s1. The second-order valence-corrected chi connectivity index (χ2v) is 6.75. The Hall–Kier alpha value is -2.98. The SMILES string of the molecule is COc1ccc(OC)c([C@H]2C(C#N)=C(N)N(N(C)C)C3=C2C(=O)CCC3)c1. The summed E-state index contributed by atoms with van der Waals surface area (Å²) >= 11 is 0. The van der Waals surface area contributed by atoms with Crippen LogP contribution in [0, 0.1) is 11.3 Å². The summed E-state index contributed by atoms with van der Waals surface area (Å²) in [5.74, 6) is 1.02. The van der Waals surface area contributed by atoms with Crippen LogP contribution in [0.15, 0.2) is 40.9 Å². The fourth-order valence-corrected chi connectivity index (χ4v) is 3.90. The lowest BCUT2D eigenvalue weighted by molar-refractivity contribution is -0.116. The van der Waals surface area contributed by atoms with Crippen molar-refractivity contribution in [2.75, 3.05) is 28.3 Å². The number of carbonyl (C=O) groups excluding carboxylic acids is 1. The molecule has 7 heteroatoms. The Morgan fingerprint density at radius 1 is 1.26 bits per heavy atom. The highest BCUT2D eigenvalue weighted by atomic mass is 16.5. The summed E-state index contributed by atoms with van der Waals surface area (Å²) in [5.41, 5.74) is 8.91. The number of hydrogen-bond acceptors (Lipinski definition) is 7. The van der Waals surface area contributed by atoms with Crippen molar-refractivity contribution in [1.29, 1.82) is 5.26 Å². The molecule has 1 aliphatic heterocycles. The Balaban J connectivity index is 2.32. The van der Waals surface area contributed by atoms with Gasteiger partial charge in [-0.2, -0.15) is 5.26 Å². The average Bonchev–Trinajstić information content (AvgIpc) is 2.66. The molecule has 0 spiro atoms. The number of methoxy groups -OCH3 is 2. The third-order valence-electron chi connectivity index (χ3n) is 5.03. The van der Waals surface area contributed by atoms with Crippen LogP contribution in [0.3, 0.4) is 0 Å². The smallest absolute Gasteiger partial charge is 0.161 e. The lowest BCUT2D eigenvalue weighted by Crippen LogP contribution is -2.45. The van der Waals surface area contributed by atoms with Crippen molar-refractivity contribution in [1.82, 2.24) is 10.0 Å². The second-order valence-electron chi connectivity index (χ2n) is 6.75. The molecule has 1 aliphatic carbocycles. The molecule has 27 heavy (non-hydrogen) atoms. The second kappa shape index (κ2) is 7.33. The minimum Gasteiger partial charge on any atom is -0.497 e. The van der Waals surface area contributed by atoms with E-state index in [4.69, 9.17) is 15.2 Å². The molecule has 3 rings (SSSR count). The van der Waals surface area contributed by atoms with E-state index in [2.05, 4.69) is 6.07 Å². The molecule has 1 aromatic rings. The van der Waals surface area contributed by atoms with E-state index in [-0.39, 0.29) is 5.78 Å². The van der Waals surface area contributed by atoms with Gasteiger partial charge in [0.1, 0.15) is 17.3 Å². The number of nitrogens with zero attached hydrogens (tertiary/aromatic N) is 3. The molecule has 1 heterocycles. The van der Waals surface area contributed by atoms with Crippen molar-refractivity contribution in [3.8, 4) is 17.6 Å². The Morgan fingerprint density at radius 3 is 2.59 bits per heavy atom. The third kappa shape index (κ3) is 3.02. The van der Waals surface area contributed by atoms with Gasteiger partial charge < -0.3 is 15.2 Å². The summed E-state index contributed by atoms with van der Waals surface area (Å²) in [4.78, 5) is 13.0. The van der Waals surface area contributed by atoms with E-state index in [0.29, 0.717) is 40.5 Å². The van der Waals surface area contributed by atoms with Crippen LogP contribution in [0.2, 0.25) is 0 Å². The van der Waals surface area contributed by atoms with Crippen molar-refractivity contribution < 1.29 is 14.3 Å². The van der Waals surface area contributed by atoms with Gasteiger partial charge in [-0.05, 0) is 31.0 Å². The minimum absolute atomic E-state index is 0.0400. The Kier molecular flexibility index (Phi) is 5.10. The number of nitrogens with two attached hydrogens (primary N) is 1. The number of ether oxygens (including phenoxy) is 2. The fraction of sp³-hybridized carbons (Fsp3) is 0.400. The van der Waals surface area contributed by atoms with Crippen LogP contribution in [0.25, 0.3) is 0 Å². The molecule has 1 atom stereocenters. The monoisotopic (exact) mass is 368 g/mol. The zero-order valence-electron chi connectivity index (χ0n) is 16.1. The number of hydrogen-bond donors (Lipinski definition) is 1. The first-order chi connectivity index (χ1) is 12.9. The molecule has 0 amide bonds.